The van der Waals surface area contributed by atoms with Crippen molar-refractivity contribution in [3.63, 3.8) is 0 Å². The van der Waals surface area contributed by atoms with Gasteiger partial charge in [-0.3, -0.25) is 14.9 Å². The second-order valence-corrected chi connectivity index (χ2v) is 6.70. The molecule has 1 aromatic heterocycles. The summed E-state index contributed by atoms with van der Waals surface area (Å²) in [5.74, 6) is 1.13. The lowest BCUT2D eigenvalue weighted by Crippen LogP contribution is -2.28. The van der Waals surface area contributed by atoms with Gasteiger partial charge in [0.2, 0.25) is 5.88 Å². The number of non-ortho nitro benzene ring substituents is 1. The summed E-state index contributed by atoms with van der Waals surface area (Å²) < 4.78 is 11.1. The third kappa shape index (κ3) is 5.78. The average molecular weight is 407 g/mol. The van der Waals surface area contributed by atoms with E-state index >= 15 is 0 Å². The largest absolute Gasteiger partial charge is 0.484 e. The summed E-state index contributed by atoms with van der Waals surface area (Å²) in [6, 6.07) is 15.2. The Balaban J connectivity index is 1.48. The van der Waals surface area contributed by atoms with Crippen LogP contribution in [-0.4, -0.2) is 22.4 Å². The van der Waals surface area contributed by atoms with Crippen molar-refractivity contribution >= 4 is 11.6 Å². The van der Waals surface area contributed by atoms with Crippen LogP contribution in [0.4, 0.5) is 5.69 Å². The molecule has 8 nitrogen and oxygen atoms in total. The lowest BCUT2D eigenvalue weighted by molar-refractivity contribution is -0.384. The standard InChI is InChI=1S/C22H21N3O5/c1-15-6-7-16(2)20(10-15)30-22-9-8-17(13-24-22)12-23-21(26)14-29-19-5-3-4-18(11-19)25(27)28/h3-11,13H,12,14H2,1-2H3,(H,23,26). The summed E-state index contributed by atoms with van der Waals surface area (Å²) in [4.78, 5) is 26.5. The number of hydrogen-bond donors (Lipinski definition) is 1. The van der Waals surface area contributed by atoms with Crippen LogP contribution < -0.4 is 14.8 Å². The molecule has 0 aliphatic carbocycles. The fraction of sp³-hybridized carbons (Fsp3) is 0.182. The first-order chi connectivity index (χ1) is 14.4. The fourth-order valence-corrected chi connectivity index (χ4v) is 2.59. The van der Waals surface area contributed by atoms with Crippen LogP contribution >= 0.6 is 0 Å². The summed E-state index contributed by atoms with van der Waals surface area (Å²) in [6.45, 7) is 3.99. The lowest BCUT2D eigenvalue weighted by Gasteiger charge is -2.10. The number of nitrogens with one attached hydrogen (secondary N) is 1. The number of carbonyl (C=O) groups excluding carboxylic acids is 1. The van der Waals surface area contributed by atoms with Crippen molar-refractivity contribution in [3.8, 4) is 17.4 Å². The van der Waals surface area contributed by atoms with E-state index in [0.717, 1.165) is 22.4 Å². The van der Waals surface area contributed by atoms with Crippen LogP contribution in [0.5, 0.6) is 17.4 Å². The zero-order chi connectivity index (χ0) is 21.5. The van der Waals surface area contributed by atoms with Gasteiger partial charge < -0.3 is 14.8 Å². The van der Waals surface area contributed by atoms with Crippen molar-refractivity contribution in [1.82, 2.24) is 10.3 Å². The summed E-state index contributed by atoms with van der Waals surface area (Å²) in [5.41, 5.74) is 2.82. The van der Waals surface area contributed by atoms with Crippen molar-refractivity contribution in [2.24, 2.45) is 0 Å². The number of rotatable bonds is 8. The molecular weight excluding hydrogens is 386 g/mol. The normalized spacial score (nSPS) is 10.3. The zero-order valence-corrected chi connectivity index (χ0v) is 16.6. The summed E-state index contributed by atoms with van der Waals surface area (Å²) in [5, 5.41) is 13.5. The molecule has 0 atom stereocenters. The lowest BCUT2D eigenvalue weighted by atomic mass is 10.1. The van der Waals surface area contributed by atoms with E-state index < -0.39 is 4.92 Å². The number of ether oxygens (including phenoxy) is 2. The van der Waals surface area contributed by atoms with Crippen molar-refractivity contribution in [2.75, 3.05) is 6.61 Å². The number of aromatic nitrogens is 1. The number of pyridine rings is 1. The molecule has 0 saturated carbocycles. The minimum atomic E-state index is -0.520. The van der Waals surface area contributed by atoms with Crippen LogP contribution in [0.15, 0.2) is 60.8 Å². The molecule has 0 spiro atoms. The first kappa shape index (κ1) is 20.8. The Hall–Kier alpha value is -3.94. The Morgan fingerprint density at radius 3 is 2.70 bits per heavy atom. The maximum Gasteiger partial charge on any atom is 0.273 e. The molecular formula is C22H21N3O5. The third-order valence-corrected chi connectivity index (χ3v) is 4.24. The monoisotopic (exact) mass is 407 g/mol. The van der Waals surface area contributed by atoms with Gasteiger partial charge in [-0.15, -0.1) is 0 Å². The summed E-state index contributed by atoms with van der Waals surface area (Å²) in [6.07, 6.45) is 1.63. The summed E-state index contributed by atoms with van der Waals surface area (Å²) >= 11 is 0. The molecule has 30 heavy (non-hydrogen) atoms. The van der Waals surface area contributed by atoms with Crippen molar-refractivity contribution in [2.45, 2.75) is 20.4 Å². The minimum Gasteiger partial charge on any atom is -0.484 e. The first-order valence-electron chi connectivity index (χ1n) is 9.25. The molecule has 0 aliphatic heterocycles. The highest BCUT2D eigenvalue weighted by Gasteiger charge is 2.09. The SMILES string of the molecule is Cc1ccc(C)c(Oc2ccc(CNC(=O)COc3cccc([N+](=O)[O-])c3)cn2)c1. The highest BCUT2D eigenvalue weighted by molar-refractivity contribution is 5.77. The number of aryl methyl sites for hydroxylation is 2. The van der Waals surface area contributed by atoms with Crippen LogP contribution in [0.25, 0.3) is 0 Å². The Morgan fingerprint density at radius 1 is 1.13 bits per heavy atom. The number of hydrogen-bond acceptors (Lipinski definition) is 6. The van der Waals surface area contributed by atoms with Crippen LogP contribution in [0.1, 0.15) is 16.7 Å². The van der Waals surface area contributed by atoms with E-state index in [9.17, 15) is 14.9 Å². The van der Waals surface area contributed by atoms with E-state index in [2.05, 4.69) is 10.3 Å². The number of benzene rings is 2. The maximum absolute atomic E-state index is 12.0. The quantitative estimate of drug-likeness (QED) is 0.445. The van der Waals surface area contributed by atoms with Gasteiger partial charge in [-0.05, 0) is 42.7 Å². The van der Waals surface area contributed by atoms with E-state index in [4.69, 9.17) is 9.47 Å². The molecule has 0 bridgehead atoms. The van der Waals surface area contributed by atoms with Gasteiger partial charge in [0, 0.05) is 24.9 Å². The molecule has 1 heterocycles. The van der Waals surface area contributed by atoms with Crippen molar-refractivity contribution < 1.29 is 19.2 Å². The summed E-state index contributed by atoms with van der Waals surface area (Å²) in [7, 11) is 0. The van der Waals surface area contributed by atoms with Crippen LogP contribution in [-0.2, 0) is 11.3 Å². The molecule has 1 amide bonds. The third-order valence-electron chi connectivity index (χ3n) is 4.24. The smallest absolute Gasteiger partial charge is 0.273 e. The number of amides is 1. The van der Waals surface area contributed by atoms with Crippen molar-refractivity contribution in [3.05, 3.63) is 87.6 Å². The Kier molecular flexibility index (Phi) is 6.59. The van der Waals surface area contributed by atoms with Gasteiger partial charge in [0.1, 0.15) is 11.5 Å². The molecule has 0 aliphatic rings. The first-order valence-corrected chi connectivity index (χ1v) is 9.25. The van der Waals surface area contributed by atoms with Gasteiger partial charge in [-0.2, -0.15) is 0 Å². The van der Waals surface area contributed by atoms with E-state index in [0.29, 0.717) is 5.88 Å². The molecule has 8 heteroatoms. The second kappa shape index (κ2) is 9.51. The maximum atomic E-state index is 12.0. The van der Waals surface area contributed by atoms with Gasteiger partial charge in [0.05, 0.1) is 11.0 Å². The number of nitro groups is 1. The molecule has 3 aromatic rings. The number of carbonyl (C=O) groups is 1. The topological polar surface area (TPSA) is 104 Å². The second-order valence-electron chi connectivity index (χ2n) is 6.70. The number of nitro benzene ring substituents is 1. The van der Waals surface area contributed by atoms with Gasteiger partial charge >= 0.3 is 0 Å². The Bertz CT molecular complexity index is 1050. The van der Waals surface area contributed by atoms with Crippen LogP contribution in [0, 0.1) is 24.0 Å². The molecule has 0 fully saturated rings. The number of nitrogens with zero attached hydrogens (tertiary/aromatic N) is 2. The molecule has 0 saturated heterocycles. The fourth-order valence-electron chi connectivity index (χ4n) is 2.59. The van der Waals surface area contributed by atoms with Gasteiger partial charge in [-0.1, -0.05) is 24.3 Å². The predicted molar refractivity (Wildman–Crippen MR) is 111 cm³/mol. The molecule has 0 unspecified atom stereocenters. The zero-order valence-electron chi connectivity index (χ0n) is 16.6. The van der Waals surface area contributed by atoms with E-state index in [1.54, 1.807) is 18.3 Å². The van der Waals surface area contributed by atoms with E-state index in [-0.39, 0.29) is 30.5 Å². The van der Waals surface area contributed by atoms with Crippen LogP contribution in [0.3, 0.4) is 0 Å². The molecule has 2 aromatic carbocycles. The average Bonchev–Trinajstić information content (AvgIpc) is 2.74. The molecule has 3 rings (SSSR count). The predicted octanol–water partition coefficient (Wildman–Crippen LogP) is 4.09. The van der Waals surface area contributed by atoms with E-state index in [1.807, 2.05) is 38.1 Å². The highest BCUT2D eigenvalue weighted by atomic mass is 16.6. The molecule has 0 radical (unpaired) electrons. The molecule has 1 N–H and O–H groups in total. The van der Waals surface area contributed by atoms with Gasteiger partial charge in [0.25, 0.3) is 11.6 Å². The van der Waals surface area contributed by atoms with Crippen molar-refractivity contribution in [1.29, 1.82) is 0 Å². The van der Waals surface area contributed by atoms with Gasteiger partial charge in [-0.25, -0.2) is 4.98 Å². The van der Waals surface area contributed by atoms with E-state index in [1.165, 1.54) is 18.2 Å². The minimum absolute atomic E-state index is 0.0952. The Labute approximate surface area is 173 Å². The highest BCUT2D eigenvalue weighted by Crippen LogP contribution is 2.24. The van der Waals surface area contributed by atoms with Gasteiger partial charge in [0.15, 0.2) is 6.61 Å². The van der Waals surface area contributed by atoms with Crippen LogP contribution in [0.2, 0.25) is 0 Å². The Morgan fingerprint density at radius 2 is 1.97 bits per heavy atom. The molecule has 154 valence electrons.